The molecule has 0 aliphatic carbocycles. The lowest BCUT2D eigenvalue weighted by Gasteiger charge is -2.37. The van der Waals surface area contributed by atoms with Gasteiger partial charge in [0, 0.05) is 15.6 Å². The SMILES string of the molecule is CC(C)(C)N(CC(=O)O)c1ccc(C(N)=O)cc1Br. The molecule has 0 aliphatic heterocycles. The molecule has 1 rings (SSSR count). The minimum absolute atomic E-state index is 0.127. The Kier molecular flexibility index (Phi) is 4.57. The predicted octanol–water partition coefficient (Wildman–Crippen LogP) is 2.24. The highest BCUT2D eigenvalue weighted by Crippen LogP contribution is 2.31. The van der Waals surface area contributed by atoms with Crippen molar-refractivity contribution in [3.05, 3.63) is 28.2 Å². The van der Waals surface area contributed by atoms with Gasteiger partial charge in [0.2, 0.25) is 5.91 Å². The summed E-state index contributed by atoms with van der Waals surface area (Å²) in [5, 5.41) is 9.01. The van der Waals surface area contributed by atoms with Gasteiger partial charge in [0.05, 0.1) is 5.69 Å². The van der Waals surface area contributed by atoms with Gasteiger partial charge in [0.1, 0.15) is 6.54 Å². The molecule has 6 heteroatoms. The normalized spacial score (nSPS) is 11.2. The van der Waals surface area contributed by atoms with Crippen LogP contribution >= 0.6 is 15.9 Å². The number of anilines is 1. The van der Waals surface area contributed by atoms with E-state index in [1.807, 2.05) is 20.8 Å². The van der Waals surface area contributed by atoms with Crippen molar-refractivity contribution in [2.24, 2.45) is 5.73 Å². The van der Waals surface area contributed by atoms with E-state index < -0.39 is 11.9 Å². The fourth-order valence-electron chi connectivity index (χ4n) is 1.70. The second-order valence-electron chi connectivity index (χ2n) is 5.18. The van der Waals surface area contributed by atoms with Crippen LogP contribution in [0, 0.1) is 0 Å². The average molecular weight is 329 g/mol. The van der Waals surface area contributed by atoms with E-state index >= 15 is 0 Å². The minimum atomic E-state index is -0.916. The topological polar surface area (TPSA) is 83.6 Å². The third kappa shape index (κ3) is 3.96. The van der Waals surface area contributed by atoms with Crippen LogP contribution in [0.1, 0.15) is 31.1 Å². The van der Waals surface area contributed by atoms with E-state index in [1.165, 1.54) is 0 Å². The van der Waals surface area contributed by atoms with Crippen LogP contribution in [0.2, 0.25) is 0 Å². The van der Waals surface area contributed by atoms with Gasteiger partial charge in [-0.25, -0.2) is 0 Å². The second-order valence-corrected chi connectivity index (χ2v) is 6.04. The lowest BCUT2D eigenvalue weighted by molar-refractivity contribution is -0.135. The third-order valence-electron chi connectivity index (χ3n) is 2.63. The number of nitrogens with zero attached hydrogens (tertiary/aromatic N) is 1. The van der Waals surface area contributed by atoms with Crippen molar-refractivity contribution in [1.82, 2.24) is 0 Å². The molecule has 0 saturated heterocycles. The van der Waals surface area contributed by atoms with Crippen molar-refractivity contribution >= 4 is 33.5 Å². The predicted molar refractivity (Wildman–Crippen MR) is 77.4 cm³/mol. The first kappa shape index (κ1) is 15.5. The van der Waals surface area contributed by atoms with Crippen molar-refractivity contribution in [3.8, 4) is 0 Å². The molecule has 5 nitrogen and oxygen atoms in total. The van der Waals surface area contributed by atoms with Crippen LogP contribution in [-0.4, -0.2) is 29.1 Å². The van der Waals surface area contributed by atoms with Gasteiger partial charge in [0.25, 0.3) is 0 Å². The van der Waals surface area contributed by atoms with Crippen LogP contribution in [0.3, 0.4) is 0 Å². The monoisotopic (exact) mass is 328 g/mol. The van der Waals surface area contributed by atoms with Gasteiger partial charge < -0.3 is 15.7 Å². The van der Waals surface area contributed by atoms with Crippen LogP contribution < -0.4 is 10.6 Å². The Morgan fingerprint density at radius 2 is 1.95 bits per heavy atom. The summed E-state index contributed by atoms with van der Waals surface area (Å²) >= 11 is 3.36. The van der Waals surface area contributed by atoms with Crippen LogP contribution in [0.4, 0.5) is 5.69 Å². The molecule has 19 heavy (non-hydrogen) atoms. The number of carbonyl (C=O) groups is 2. The maximum absolute atomic E-state index is 11.1. The molecule has 3 N–H and O–H groups in total. The number of hydrogen-bond donors (Lipinski definition) is 2. The number of hydrogen-bond acceptors (Lipinski definition) is 3. The molecule has 0 saturated carbocycles. The Morgan fingerprint density at radius 1 is 1.37 bits per heavy atom. The van der Waals surface area contributed by atoms with Gasteiger partial charge in [-0.2, -0.15) is 0 Å². The first-order valence-corrected chi connectivity index (χ1v) is 6.51. The number of halogens is 1. The van der Waals surface area contributed by atoms with Crippen molar-refractivity contribution in [2.75, 3.05) is 11.4 Å². The van der Waals surface area contributed by atoms with E-state index in [2.05, 4.69) is 15.9 Å². The quantitative estimate of drug-likeness (QED) is 0.887. The molecule has 0 spiro atoms. The average Bonchev–Trinajstić information content (AvgIpc) is 2.24. The van der Waals surface area contributed by atoms with Crippen LogP contribution in [0.25, 0.3) is 0 Å². The molecule has 104 valence electrons. The fourth-order valence-corrected chi connectivity index (χ4v) is 2.29. The van der Waals surface area contributed by atoms with Gasteiger partial charge in [-0.1, -0.05) is 0 Å². The highest BCUT2D eigenvalue weighted by atomic mass is 79.9. The van der Waals surface area contributed by atoms with Gasteiger partial charge in [-0.15, -0.1) is 0 Å². The number of benzene rings is 1. The van der Waals surface area contributed by atoms with Crippen molar-refractivity contribution < 1.29 is 14.7 Å². The molecular formula is C13H17BrN2O3. The Labute approximate surface area is 120 Å². The van der Waals surface area contributed by atoms with Gasteiger partial charge in [0.15, 0.2) is 0 Å². The molecule has 0 unspecified atom stereocenters. The lowest BCUT2D eigenvalue weighted by atomic mass is 10.0. The number of aliphatic carboxylic acids is 1. The summed E-state index contributed by atoms with van der Waals surface area (Å²) in [6, 6.07) is 4.87. The number of rotatable bonds is 4. The van der Waals surface area contributed by atoms with Gasteiger partial charge in [-0.05, 0) is 54.9 Å². The highest BCUT2D eigenvalue weighted by molar-refractivity contribution is 9.10. The number of primary amides is 1. The minimum Gasteiger partial charge on any atom is -0.480 e. The van der Waals surface area contributed by atoms with Crippen LogP contribution in [0.15, 0.2) is 22.7 Å². The van der Waals surface area contributed by atoms with E-state index in [9.17, 15) is 9.59 Å². The first-order chi connectivity index (χ1) is 8.62. The van der Waals surface area contributed by atoms with E-state index in [0.29, 0.717) is 15.7 Å². The summed E-state index contributed by atoms with van der Waals surface area (Å²) in [5.74, 6) is -1.44. The number of carboxylic acid groups (broad SMARTS) is 1. The molecule has 0 atom stereocenters. The maximum atomic E-state index is 11.1. The van der Waals surface area contributed by atoms with Crippen molar-refractivity contribution in [2.45, 2.75) is 26.3 Å². The van der Waals surface area contributed by atoms with Crippen molar-refractivity contribution in [1.29, 1.82) is 0 Å². The molecule has 0 radical (unpaired) electrons. The Hall–Kier alpha value is -1.56. The number of amides is 1. The summed E-state index contributed by atoms with van der Waals surface area (Å²) < 4.78 is 0.639. The molecule has 0 fully saturated rings. The van der Waals surface area contributed by atoms with Crippen LogP contribution in [0.5, 0.6) is 0 Å². The molecule has 0 bridgehead atoms. The fraction of sp³-hybridized carbons (Fsp3) is 0.385. The standard InChI is InChI=1S/C13H17BrN2O3/c1-13(2,3)16(7-11(17)18)10-5-4-8(12(15)19)6-9(10)14/h4-6H,7H2,1-3H3,(H2,15,19)(H,17,18). The molecule has 0 aliphatic rings. The summed E-state index contributed by atoms with van der Waals surface area (Å²) in [4.78, 5) is 23.8. The first-order valence-electron chi connectivity index (χ1n) is 5.71. The zero-order valence-electron chi connectivity index (χ0n) is 11.1. The van der Waals surface area contributed by atoms with Gasteiger partial charge in [-0.3, -0.25) is 9.59 Å². The zero-order valence-corrected chi connectivity index (χ0v) is 12.7. The van der Waals surface area contributed by atoms with Crippen LogP contribution in [-0.2, 0) is 4.79 Å². The summed E-state index contributed by atoms with van der Waals surface area (Å²) in [6.45, 7) is 5.64. The summed E-state index contributed by atoms with van der Waals surface area (Å²) in [7, 11) is 0. The Morgan fingerprint density at radius 3 is 2.32 bits per heavy atom. The smallest absolute Gasteiger partial charge is 0.323 e. The molecule has 1 amide bonds. The second kappa shape index (κ2) is 5.61. The van der Waals surface area contributed by atoms with E-state index in [0.717, 1.165) is 0 Å². The van der Waals surface area contributed by atoms with E-state index in [1.54, 1.807) is 23.1 Å². The Balaban J connectivity index is 3.24. The number of carboxylic acids is 1. The molecule has 1 aromatic carbocycles. The van der Waals surface area contributed by atoms with E-state index in [-0.39, 0.29) is 12.1 Å². The molecule has 0 heterocycles. The largest absolute Gasteiger partial charge is 0.480 e. The molecular weight excluding hydrogens is 312 g/mol. The van der Waals surface area contributed by atoms with E-state index in [4.69, 9.17) is 10.8 Å². The molecule has 0 aromatic heterocycles. The summed E-state index contributed by atoms with van der Waals surface area (Å²) in [5.41, 5.74) is 5.92. The highest BCUT2D eigenvalue weighted by Gasteiger charge is 2.25. The third-order valence-corrected chi connectivity index (χ3v) is 3.26. The lowest BCUT2D eigenvalue weighted by Crippen LogP contribution is -2.44. The molecule has 1 aromatic rings. The van der Waals surface area contributed by atoms with Crippen molar-refractivity contribution in [3.63, 3.8) is 0 Å². The van der Waals surface area contributed by atoms with Gasteiger partial charge >= 0.3 is 5.97 Å². The number of nitrogens with two attached hydrogens (primary N) is 1. The number of carbonyl (C=O) groups excluding carboxylic acids is 1. The summed E-state index contributed by atoms with van der Waals surface area (Å²) in [6.07, 6.45) is 0. The Bertz CT molecular complexity index is 509. The maximum Gasteiger partial charge on any atom is 0.323 e. The zero-order chi connectivity index (χ0) is 14.8.